The second-order valence-electron chi connectivity index (χ2n) is 4.37. The van der Waals surface area contributed by atoms with Crippen LogP contribution in [0.3, 0.4) is 0 Å². The monoisotopic (exact) mass is 199 g/mol. The van der Waals surface area contributed by atoms with Crippen LogP contribution in [0.4, 0.5) is 0 Å². The number of oxime groups is 1. The lowest BCUT2D eigenvalue weighted by Crippen LogP contribution is -2.26. The fourth-order valence-corrected chi connectivity index (χ4v) is 1.53. The van der Waals surface area contributed by atoms with Crippen LogP contribution >= 0.6 is 0 Å². The largest absolute Gasteiger partial charge is 0.455 e. The Kier molecular flexibility index (Phi) is 3.25. The molecule has 1 saturated carbocycles. The van der Waals surface area contributed by atoms with Crippen molar-refractivity contribution >= 4 is 19.8 Å². The predicted octanol–water partition coefficient (Wildman–Crippen LogP) is 2.34. The van der Waals surface area contributed by atoms with Crippen molar-refractivity contribution in [2.24, 2.45) is 5.16 Å². The molecule has 4 heteroatoms. The second-order valence-corrected chi connectivity index (χ2v) is 8.78. The van der Waals surface area contributed by atoms with Crippen molar-refractivity contribution in [3.63, 3.8) is 0 Å². The Morgan fingerprint density at radius 2 is 1.85 bits per heavy atom. The standard InChI is InChI=1S/C9H17NO2Si/c1-13(2,3)12-10-8-6-4-5-7-9(8)11/h4-7H2,1-3H3. The molecule has 0 aliphatic heterocycles. The quantitative estimate of drug-likeness (QED) is 0.506. The zero-order chi connectivity index (χ0) is 9.90. The molecule has 1 rings (SSSR count). The van der Waals surface area contributed by atoms with Crippen molar-refractivity contribution in [3.05, 3.63) is 0 Å². The summed E-state index contributed by atoms with van der Waals surface area (Å²) in [5.74, 6) is 0.171. The zero-order valence-electron chi connectivity index (χ0n) is 8.59. The number of carbonyl (C=O) groups excluding carboxylic acids is 1. The molecule has 0 saturated heterocycles. The summed E-state index contributed by atoms with van der Waals surface area (Å²) < 4.78 is 5.35. The van der Waals surface area contributed by atoms with Gasteiger partial charge in [0.1, 0.15) is 5.71 Å². The molecule has 0 radical (unpaired) electrons. The minimum Gasteiger partial charge on any atom is -0.455 e. The van der Waals surface area contributed by atoms with Gasteiger partial charge >= 0.3 is 0 Å². The maximum Gasteiger partial charge on any atom is 0.278 e. The fourth-order valence-electron chi connectivity index (χ4n) is 1.15. The van der Waals surface area contributed by atoms with E-state index in [1.807, 2.05) is 0 Å². The molecule has 74 valence electrons. The van der Waals surface area contributed by atoms with Gasteiger partial charge in [-0.05, 0) is 38.9 Å². The van der Waals surface area contributed by atoms with E-state index < -0.39 is 8.32 Å². The smallest absolute Gasteiger partial charge is 0.278 e. The van der Waals surface area contributed by atoms with Gasteiger partial charge in [0, 0.05) is 6.42 Å². The minimum absolute atomic E-state index is 0.171. The van der Waals surface area contributed by atoms with Crippen molar-refractivity contribution in [1.82, 2.24) is 0 Å². The van der Waals surface area contributed by atoms with E-state index >= 15 is 0 Å². The molecule has 0 bridgehead atoms. The van der Waals surface area contributed by atoms with E-state index in [0.29, 0.717) is 12.1 Å². The van der Waals surface area contributed by atoms with Crippen LogP contribution in [0.2, 0.25) is 19.6 Å². The zero-order valence-corrected chi connectivity index (χ0v) is 9.59. The number of ketones is 1. The highest BCUT2D eigenvalue weighted by Gasteiger charge is 2.20. The average molecular weight is 199 g/mol. The van der Waals surface area contributed by atoms with E-state index in [0.717, 1.165) is 19.3 Å². The summed E-state index contributed by atoms with van der Waals surface area (Å²) in [7, 11) is -1.61. The lowest BCUT2D eigenvalue weighted by atomic mass is 9.97. The second kappa shape index (κ2) is 4.04. The molecular weight excluding hydrogens is 182 g/mol. The molecule has 0 aromatic heterocycles. The topological polar surface area (TPSA) is 38.7 Å². The van der Waals surface area contributed by atoms with E-state index in [1.54, 1.807) is 0 Å². The Morgan fingerprint density at radius 3 is 2.38 bits per heavy atom. The minimum atomic E-state index is -1.61. The number of hydrogen-bond acceptors (Lipinski definition) is 3. The third-order valence-corrected chi connectivity index (χ3v) is 2.46. The van der Waals surface area contributed by atoms with Crippen molar-refractivity contribution in [2.45, 2.75) is 45.3 Å². The first kappa shape index (κ1) is 10.4. The van der Waals surface area contributed by atoms with Crippen molar-refractivity contribution in [3.8, 4) is 0 Å². The van der Waals surface area contributed by atoms with Gasteiger partial charge in [-0.3, -0.25) is 4.79 Å². The molecule has 0 heterocycles. The Labute approximate surface area is 80.3 Å². The van der Waals surface area contributed by atoms with Gasteiger partial charge in [-0.15, -0.1) is 5.16 Å². The molecule has 0 unspecified atom stereocenters. The number of carbonyl (C=O) groups is 1. The molecule has 1 aliphatic carbocycles. The van der Waals surface area contributed by atoms with Crippen LogP contribution < -0.4 is 0 Å². The van der Waals surface area contributed by atoms with Crippen LogP contribution in [0.1, 0.15) is 25.7 Å². The molecule has 1 fully saturated rings. The van der Waals surface area contributed by atoms with Crippen molar-refractivity contribution in [1.29, 1.82) is 0 Å². The van der Waals surface area contributed by atoms with Crippen LogP contribution in [0.25, 0.3) is 0 Å². The summed E-state index contributed by atoms with van der Waals surface area (Å²) in [4.78, 5) is 11.3. The van der Waals surface area contributed by atoms with Gasteiger partial charge in [-0.25, -0.2) is 0 Å². The summed E-state index contributed by atoms with van der Waals surface area (Å²) in [5.41, 5.74) is 0.647. The van der Waals surface area contributed by atoms with Gasteiger partial charge in [-0.1, -0.05) is 0 Å². The van der Waals surface area contributed by atoms with Gasteiger partial charge < -0.3 is 4.53 Å². The maximum atomic E-state index is 11.3. The molecule has 0 spiro atoms. The van der Waals surface area contributed by atoms with Crippen LogP contribution in [-0.2, 0) is 9.32 Å². The van der Waals surface area contributed by atoms with E-state index in [-0.39, 0.29) is 5.78 Å². The number of nitrogens with zero attached hydrogens (tertiary/aromatic N) is 1. The van der Waals surface area contributed by atoms with Crippen molar-refractivity contribution in [2.75, 3.05) is 0 Å². The lowest BCUT2D eigenvalue weighted by molar-refractivity contribution is -0.113. The number of rotatable bonds is 2. The van der Waals surface area contributed by atoms with Gasteiger partial charge in [0.2, 0.25) is 0 Å². The molecular formula is C9H17NO2Si. The van der Waals surface area contributed by atoms with Crippen molar-refractivity contribution < 1.29 is 9.32 Å². The molecule has 0 aromatic rings. The first-order valence-electron chi connectivity index (χ1n) is 4.77. The first-order valence-corrected chi connectivity index (χ1v) is 8.18. The van der Waals surface area contributed by atoms with E-state index in [9.17, 15) is 4.79 Å². The summed E-state index contributed by atoms with van der Waals surface area (Å²) in [6.45, 7) is 6.18. The molecule has 3 nitrogen and oxygen atoms in total. The Bertz CT molecular complexity index is 230. The highest BCUT2D eigenvalue weighted by Crippen LogP contribution is 2.13. The summed E-state index contributed by atoms with van der Waals surface area (Å²) in [6.07, 6.45) is 3.52. The third kappa shape index (κ3) is 3.72. The Balaban J connectivity index is 2.54. The molecule has 0 amide bonds. The van der Waals surface area contributed by atoms with E-state index in [2.05, 4.69) is 24.8 Å². The third-order valence-electron chi connectivity index (χ3n) is 1.82. The van der Waals surface area contributed by atoms with E-state index in [4.69, 9.17) is 4.53 Å². The normalized spacial score (nSPS) is 22.1. The van der Waals surface area contributed by atoms with Crippen LogP contribution in [-0.4, -0.2) is 19.8 Å². The maximum absolute atomic E-state index is 11.3. The molecule has 13 heavy (non-hydrogen) atoms. The van der Waals surface area contributed by atoms with Gasteiger partial charge in [0.15, 0.2) is 5.78 Å². The van der Waals surface area contributed by atoms with Gasteiger partial charge in [0.05, 0.1) is 0 Å². The van der Waals surface area contributed by atoms with Crippen LogP contribution in [0.15, 0.2) is 5.16 Å². The van der Waals surface area contributed by atoms with Crippen LogP contribution in [0, 0.1) is 0 Å². The highest BCUT2D eigenvalue weighted by molar-refractivity contribution is 6.69. The molecule has 0 aromatic carbocycles. The number of Topliss-reactive ketones (excluding diaryl/α,β-unsaturated/α-hetero) is 1. The predicted molar refractivity (Wildman–Crippen MR) is 55.3 cm³/mol. The number of hydrogen-bond donors (Lipinski definition) is 0. The SMILES string of the molecule is C[Si](C)(C)ON=C1CCCCC1=O. The molecule has 0 atom stereocenters. The Morgan fingerprint density at radius 1 is 1.23 bits per heavy atom. The highest BCUT2D eigenvalue weighted by atomic mass is 28.4. The van der Waals surface area contributed by atoms with Gasteiger partial charge in [0.25, 0.3) is 8.32 Å². The Hall–Kier alpha value is -0.643. The van der Waals surface area contributed by atoms with E-state index in [1.165, 1.54) is 0 Å². The van der Waals surface area contributed by atoms with Crippen LogP contribution in [0.5, 0.6) is 0 Å². The summed E-state index contributed by atoms with van der Waals surface area (Å²) >= 11 is 0. The average Bonchev–Trinajstić information content (AvgIpc) is 2.01. The summed E-state index contributed by atoms with van der Waals surface area (Å²) in [6, 6.07) is 0. The van der Waals surface area contributed by atoms with Gasteiger partial charge in [-0.2, -0.15) is 0 Å². The lowest BCUT2D eigenvalue weighted by Gasteiger charge is -2.16. The summed E-state index contributed by atoms with van der Waals surface area (Å²) in [5, 5.41) is 3.96. The molecule has 0 N–H and O–H groups in total. The molecule has 1 aliphatic rings. The fraction of sp³-hybridized carbons (Fsp3) is 0.778. The first-order chi connectivity index (χ1) is 5.99.